The molecule has 7 heteroatoms. The van der Waals surface area contributed by atoms with Crippen LogP contribution in [0.4, 0.5) is 0 Å². The third kappa shape index (κ3) is 4.03. The van der Waals surface area contributed by atoms with Crippen LogP contribution in [0.1, 0.15) is 31.8 Å². The normalized spacial score (nSPS) is 18.7. The molecule has 2 aromatic rings. The van der Waals surface area contributed by atoms with Crippen molar-refractivity contribution in [1.82, 2.24) is 0 Å². The molecule has 1 heterocycles. The number of esters is 4. The van der Waals surface area contributed by atoms with Crippen molar-refractivity contribution in [1.29, 1.82) is 0 Å². The molecule has 0 saturated carbocycles. The first-order valence-corrected chi connectivity index (χ1v) is 8.16. The fourth-order valence-corrected chi connectivity index (χ4v) is 2.43. The van der Waals surface area contributed by atoms with E-state index in [2.05, 4.69) is 4.74 Å². The number of carbonyl (C=O) groups is 4. The lowest BCUT2D eigenvalue weighted by Crippen LogP contribution is -2.37. The number of hydrogen-bond donors (Lipinski definition) is 0. The number of carbonyl (C=O) groups excluding carboxylic acids is 4. The summed E-state index contributed by atoms with van der Waals surface area (Å²) in [6.45, 7) is 3.70. The zero-order valence-corrected chi connectivity index (χ0v) is 14.6. The molecule has 0 N–H and O–H groups in total. The lowest BCUT2D eigenvalue weighted by atomic mass is 10.1. The Morgan fingerprint density at radius 3 is 1.37 bits per heavy atom. The third-order valence-electron chi connectivity index (χ3n) is 3.98. The van der Waals surface area contributed by atoms with Gasteiger partial charge in [0.05, 0.1) is 11.1 Å². The monoisotopic (exact) mass is 368 g/mol. The van der Waals surface area contributed by atoms with E-state index in [0.717, 1.165) is 11.1 Å². The van der Waals surface area contributed by atoms with Crippen molar-refractivity contribution < 1.29 is 33.4 Å². The Morgan fingerprint density at radius 2 is 1.04 bits per heavy atom. The second kappa shape index (κ2) is 7.41. The molecule has 1 saturated heterocycles. The first-order valence-electron chi connectivity index (χ1n) is 8.16. The van der Waals surface area contributed by atoms with Crippen molar-refractivity contribution in [3.05, 3.63) is 70.8 Å². The van der Waals surface area contributed by atoms with Gasteiger partial charge in [-0.05, 0) is 38.1 Å². The first-order chi connectivity index (χ1) is 12.8. The van der Waals surface area contributed by atoms with Crippen LogP contribution < -0.4 is 0 Å². The van der Waals surface area contributed by atoms with E-state index < -0.39 is 36.1 Å². The van der Waals surface area contributed by atoms with Crippen LogP contribution in [0, 0.1) is 13.8 Å². The minimum Gasteiger partial charge on any atom is -0.442 e. The molecule has 0 amide bonds. The Bertz CT molecular complexity index is 821. The smallest absolute Gasteiger partial charge is 0.359 e. The van der Waals surface area contributed by atoms with Crippen LogP contribution in [0.2, 0.25) is 0 Å². The van der Waals surface area contributed by atoms with Crippen LogP contribution in [0.25, 0.3) is 0 Å². The van der Waals surface area contributed by atoms with Gasteiger partial charge in [-0.1, -0.05) is 35.4 Å². The SMILES string of the molecule is Cc1ccc(C(=O)OC2C(=O)OC(=O)C2OC(=O)c2ccc(C)cc2)cc1. The standard InChI is InChI=1S/C20H16O7/c1-11-3-7-13(8-4-11)17(21)25-15-16(20(24)27-19(15)23)26-18(22)14-9-5-12(2)6-10-14/h3-10,15-16H,1-2H3. The van der Waals surface area contributed by atoms with Gasteiger partial charge in [-0.2, -0.15) is 0 Å². The topological polar surface area (TPSA) is 96.0 Å². The van der Waals surface area contributed by atoms with Crippen LogP contribution in [0.3, 0.4) is 0 Å². The predicted octanol–water partition coefficient (Wildman–Crippen LogP) is 2.14. The molecule has 0 radical (unpaired) electrons. The van der Waals surface area contributed by atoms with Crippen LogP contribution in [-0.4, -0.2) is 36.1 Å². The molecule has 0 spiro atoms. The van der Waals surface area contributed by atoms with Crippen LogP contribution in [0.15, 0.2) is 48.5 Å². The van der Waals surface area contributed by atoms with E-state index in [1.165, 1.54) is 24.3 Å². The second-order valence-corrected chi connectivity index (χ2v) is 6.12. The number of hydrogen-bond acceptors (Lipinski definition) is 7. The molecule has 1 fully saturated rings. The van der Waals surface area contributed by atoms with Gasteiger partial charge in [0.1, 0.15) is 0 Å². The highest BCUT2D eigenvalue weighted by Gasteiger charge is 2.50. The van der Waals surface area contributed by atoms with Crippen molar-refractivity contribution in [2.45, 2.75) is 26.1 Å². The number of ether oxygens (including phenoxy) is 3. The van der Waals surface area contributed by atoms with E-state index >= 15 is 0 Å². The van der Waals surface area contributed by atoms with E-state index in [9.17, 15) is 19.2 Å². The quantitative estimate of drug-likeness (QED) is 0.463. The van der Waals surface area contributed by atoms with Crippen molar-refractivity contribution >= 4 is 23.9 Å². The van der Waals surface area contributed by atoms with Gasteiger partial charge >= 0.3 is 23.9 Å². The van der Waals surface area contributed by atoms with Gasteiger partial charge in [-0.25, -0.2) is 19.2 Å². The fraction of sp³-hybridized carbons (Fsp3) is 0.200. The third-order valence-corrected chi connectivity index (χ3v) is 3.98. The van der Waals surface area contributed by atoms with E-state index in [0.29, 0.717) is 0 Å². The number of benzene rings is 2. The number of cyclic esters (lactones) is 2. The van der Waals surface area contributed by atoms with Gasteiger partial charge in [0.15, 0.2) is 0 Å². The number of aryl methyl sites for hydroxylation is 2. The highest BCUT2D eigenvalue weighted by molar-refractivity contribution is 6.03. The van der Waals surface area contributed by atoms with Crippen molar-refractivity contribution in [3.63, 3.8) is 0 Å². The van der Waals surface area contributed by atoms with Gasteiger partial charge in [-0.3, -0.25) is 0 Å². The first kappa shape index (κ1) is 18.3. The van der Waals surface area contributed by atoms with E-state index in [4.69, 9.17) is 9.47 Å². The summed E-state index contributed by atoms with van der Waals surface area (Å²) in [7, 11) is 0. The Hall–Kier alpha value is -3.48. The average molecular weight is 368 g/mol. The van der Waals surface area contributed by atoms with Gasteiger partial charge in [-0.15, -0.1) is 0 Å². The van der Waals surface area contributed by atoms with Crippen LogP contribution >= 0.6 is 0 Å². The molecular formula is C20H16O7. The molecular weight excluding hydrogens is 352 g/mol. The summed E-state index contributed by atoms with van der Waals surface area (Å²) in [4.78, 5) is 48.2. The fourth-order valence-electron chi connectivity index (χ4n) is 2.43. The Morgan fingerprint density at radius 1 is 0.704 bits per heavy atom. The average Bonchev–Trinajstić information content (AvgIpc) is 2.89. The van der Waals surface area contributed by atoms with Crippen molar-refractivity contribution in [2.24, 2.45) is 0 Å². The Kier molecular flexibility index (Phi) is 5.03. The van der Waals surface area contributed by atoms with Crippen LogP contribution in [-0.2, 0) is 23.8 Å². The lowest BCUT2D eigenvalue weighted by Gasteiger charge is -2.15. The molecule has 2 atom stereocenters. The molecule has 0 aliphatic carbocycles. The molecule has 0 aromatic heterocycles. The summed E-state index contributed by atoms with van der Waals surface area (Å²) in [6.07, 6.45) is -3.30. The van der Waals surface area contributed by atoms with Crippen molar-refractivity contribution in [3.8, 4) is 0 Å². The summed E-state index contributed by atoms with van der Waals surface area (Å²) in [6, 6.07) is 12.9. The van der Waals surface area contributed by atoms with Gasteiger partial charge in [0, 0.05) is 0 Å². The summed E-state index contributed by atoms with van der Waals surface area (Å²) < 4.78 is 14.6. The minimum atomic E-state index is -1.65. The molecule has 1 aliphatic heterocycles. The summed E-state index contributed by atoms with van der Waals surface area (Å²) >= 11 is 0. The maximum Gasteiger partial charge on any atom is 0.359 e. The lowest BCUT2D eigenvalue weighted by molar-refractivity contribution is -0.155. The molecule has 2 aromatic carbocycles. The molecule has 1 aliphatic rings. The minimum absolute atomic E-state index is 0.191. The maximum atomic E-state index is 12.2. The Labute approximate surface area is 154 Å². The van der Waals surface area contributed by atoms with Gasteiger partial charge in [0.2, 0.25) is 12.2 Å². The summed E-state index contributed by atoms with van der Waals surface area (Å²) in [5.41, 5.74) is 2.26. The highest BCUT2D eigenvalue weighted by Crippen LogP contribution is 2.20. The molecule has 138 valence electrons. The Balaban J connectivity index is 1.74. The predicted molar refractivity (Wildman–Crippen MR) is 91.9 cm³/mol. The van der Waals surface area contributed by atoms with Gasteiger partial charge < -0.3 is 14.2 Å². The van der Waals surface area contributed by atoms with E-state index in [-0.39, 0.29) is 11.1 Å². The van der Waals surface area contributed by atoms with E-state index in [1.807, 2.05) is 13.8 Å². The zero-order chi connectivity index (χ0) is 19.6. The van der Waals surface area contributed by atoms with Gasteiger partial charge in [0.25, 0.3) is 0 Å². The number of rotatable bonds is 4. The molecule has 7 nitrogen and oxygen atoms in total. The highest BCUT2D eigenvalue weighted by atomic mass is 16.7. The molecule has 27 heavy (non-hydrogen) atoms. The zero-order valence-electron chi connectivity index (χ0n) is 14.6. The molecule has 0 bridgehead atoms. The summed E-state index contributed by atoms with van der Waals surface area (Å²) in [5, 5.41) is 0. The molecule has 3 rings (SSSR count). The van der Waals surface area contributed by atoms with E-state index in [1.54, 1.807) is 24.3 Å². The summed E-state index contributed by atoms with van der Waals surface area (Å²) in [5.74, 6) is -3.82. The largest absolute Gasteiger partial charge is 0.442 e. The van der Waals surface area contributed by atoms with Crippen LogP contribution in [0.5, 0.6) is 0 Å². The molecule has 2 unspecified atom stereocenters. The maximum absolute atomic E-state index is 12.2. The second-order valence-electron chi connectivity index (χ2n) is 6.12. The van der Waals surface area contributed by atoms with Crippen molar-refractivity contribution in [2.75, 3.05) is 0 Å².